The topological polar surface area (TPSA) is 40.5 Å². The zero-order chi connectivity index (χ0) is 9.35. The van der Waals surface area contributed by atoms with Gasteiger partial charge in [0.2, 0.25) is 8.32 Å². The molecule has 0 saturated carbocycles. The standard InChI is InChI=1S/C9H16O2Si/c1-7-5-4-6-8(9(7)10)12(2,3)11/h4-7,9-11H,1-3H3/t7-,9-/m0/s1. The Morgan fingerprint density at radius 2 is 2.00 bits per heavy atom. The Kier molecular flexibility index (Phi) is 2.56. The number of rotatable bonds is 1. The lowest BCUT2D eigenvalue weighted by atomic mass is 10.00. The number of hydrogen-bond acceptors (Lipinski definition) is 2. The van der Waals surface area contributed by atoms with Crippen LogP contribution in [0.4, 0.5) is 0 Å². The monoisotopic (exact) mass is 184 g/mol. The minimum atomic E-state index is -2.30. The highest BCUT2D eigenvalue weighted by Gasteiger charge is 2.31. The van der Waals surface area contributed by atoms with Gasteiger partial charge >= 0.3 is 0 Å². The predicted molar refractivity (Wildman–Crippen MR) is 52.1 cm³/mol. The fourth-order valence-electron chi connectivity index (χ4n) is 1.39. The van der Waals surface area contributed by atoms with E-state index in [0.29, 0.717) is 0 Å². The fourth-order valence-corrected chi connectivity index (χ4v) is 2.88. The molecule has 12 heavy (non-hydrogen) atoms. The molecule has 0 amide bonds. The smallest absolute Gasteiger partial charge is 0.212 e. The summed E-state index contributed by atoms with van der Waals surface area (Å²) in [7, 11) is -2.30. The largest absolute Gasteiger partial charge is 0.428 e. The van der Waals surface area contributed by atoms with Crippen molar-refractivity contribution >= 4 is 8.32 Å². The third-order valence-corrected chi connectivity index (χ3v) is 4.09. The molecule has 3 heteroatoms. The van der Waals surface area contributed by atoms with E-state index in [4.69, 9.17) is 0 Å². The number of aliphatic hydroxyl groups excluding tert-OH is 1. The Bertz CT molecular complexity index is 225. The summed E-state index contributed by atoms with van der Waals surface area (Å²) < 4.78 is 0. The first-order chi connectivity index (χ1) is 5.43. The first-order valence-electron chi connectivity index (χ1n) is 4.22. The highest BCUT2D eigenvalue weighted by Crippen LogP contribution is 2.25. The quantitative estimate of drug-likeness (QED) is 0.601. The van der Waals surface area contributed by atoms with Crippen LogP contribution in [-0.4, -0.2) is 24.3 Å². The van der Waals surface area contributed by atoms with Crippen LogP contribution in [0.15, 0.2) is 23.4 Å². The van der Waals surface area contributed by atoms with Crippen LogP contribution in [0.2, 0.25) is 13.1 Å². The average Bonchev–Trinajstić information content (AvgIpc) is 1.92. The second-order valence-electron chi connectivity index (χ2n) is 3.87. The molecule has 1 rings (SSSR count). The van der Waals surface area contributed by atoms with Gasteiger partial charge in [-0.15, -0.1) is 0 Å². The molecule has 1 aliphatic rings. The van der Waals surface area contributed by atoms with Crippen molar-refractivity contribution < 1.29 is 9.90 Å². The third-order valence-electron chi connectivity index (χ3n) is 2.21. The molecule has 0 aromatic rings. The molecule has 68 valence electrons. The van der Waals surface area contributed by atoms with Crippen LogP contribution in [0.25, 0.3) is 0 Å². The summed E-state index contributed by atoms with van der Waals surface area (Å²) in [5, 5.41) is 10.6. The SMILES string of the molecule is C[C@H]1C=CC=C([Si](C)(C)O)[C@H]1O. The molecular formula is C9H16O2Si. The van der Waals surface area contributed by atoms with Gasteiger partial charge in [0.05, 0.1) is 6.10 Å². The van der Waals surface area contributed by atoms with Crippen LogP contribution >= 0.6 is 0 Å². The molecule has 0 unspecified atom stereocenters. The van der Waals surface area contributed by atoms with Gasteiger partial charge in [-0.3, -0.25) is 0 Å². The highest BCUT2D eigenvalue weighted by molar-refractivity contribution is 6.77. The van der Waals surface area contributed by atoms with Crippen molar-refractivity contribution in [2.75, 3.05) is 0 Å². The average molecular weight is 184 g/mol. The van der Waals surface area contributed by atoms with Crippen molar-refractivity contribution in [1.82, 2.24) is 0 Å². The van der Waals surface area contributed by atoms with Crippen molar-refractivity contribution in [2.45, 2.75) is 26.1 Å². The normalized spacial score (nSPS) is 30.2. The molecule has 0 radical (unpaired) electrons. The van der Waals surface area contributed by atoms with Crippen molar-refractivity contribution in [1.29, 1.82) is 0 Å². The molecule has 0 fully saturated rings. The lowest BCUT2D eigenvalue weighted by molar-refractivity contribution is 0.175. The zero-order valence-electron chi connectivity index (χ0n) is 7.78. The first kappa shape index (κ1) is 9.70. The van der Waals surface area contributed by atoms with Crippen LogP contribution < -0.4 is 0 Å². The van der Waals surface area contributed by atoms with E-state index in [1.807, 2.05) is 38.2 Å². The predicted octanol–water partition coefficient (Wildman–Crippen LogP) is 1.22. The van der Waals surface area contributed by atoms with Crippen molar-refractivity contribution in [2.24, 2.45) is 5.92 Å². The van der Waals surface area contributed by atoms with Gasteiger partial charge in [-0.2, -0.15) is 0 Å². The van der Waals surface area contributed by atoms with Crippen LogP contribution in [-0.2, 0) is 0 Å². The molecule has 0 bridgehead atoms. The lowest BCUT2D eigenvalue weighted by Crippen LogP contribution is -2.39. The number of hydrogen-bond donors (Lipinski definition) is 2. The van der Waals surface area contributed by atoms with Gasteiger partial charge in [0.15, 0.2) is 0 Å². The van der Waals surface area contributed by atoms with Gasteiger partial charge in [0.25, 0.3) is 0 Å². The minimum Gasteiger partial charge on any atom is -0.428 e. The summed E-state index contributed by atoms with van der Waals surface area (Å²) in [6.45, 7) is 5.61. The van der Waals surface area contributed by atoms with E-state index >= 15 is 0 Å². The Hall–Kier alpha value is -0.383. The van der Waals surface area contributed by atoms with E-state index in [0.717, 1.165) is 5.20 Å². The van der Waals surface area contributed by atoms with E-state index in [1.54, 1.807) is 0 Å². The maximum Gasteiger partial charge on any atom is 0.212 e. The van der Waals surface area contributed by atoms with Crippen molar-refractivity contribution in [3.8, 4) is 0 Å². The Balaban J connectivity index is 2.90. The van der Waals surface area contributed by atoms with Gasteiger partial charge in [-0.05, 0) is 18.3 Å². The first-order valence-corrected chi connectivity index (χ1v) is 7.17. The van der Waals surface area contributed by atoms with Gasteiger partial charge in [-0.1, -0.05) is 25.2 Å². The molecule has 0 spiro atoms. The molecule has 2 nitrogen and oxygen atoms in total. The van der Waals surface area contributed by atoms with E-state index < -0.39 is 14.4 Å². The Labute approximate surface area is 74.4 Å². The number of aliphatic hydroxyl groups is 1. The molecule has 0 saturated heterocycles. The highest BCUT2D eigenvalue weighted by atomic mass is 28.4. The summed E-state index contributed by atoms with van der Waals surface area (Å²) in [6, 6.07) is 0. The maximum absolute atomic E-state index is 9.81. The van der Waals surface area contributed by atoms with Crippen LogP contribution in [0, 0.1) is 5.92 Å². The summed E-state index contributed by atoms with van der Waals surface area (Å²) in [6.07, 6.45) is 5.23. The van der Waals surface area contributed by atoms with E-state index in [2.05, 4.69) is 0 Å². The number of allylic oxidation sites excluding steroid dienone is 2. The summed E-state index contributed by atoms with van der Waals surface area (Å²) in [5.41, 5.74) is 0. The van der Waals surface area contributed by atoms with Gasteiger partial charge in [0, 0.05) is 5.92 Å². The van der Waals surface area contributed by atoms with Gasteiger partial charge in [0.1, 0.15) is 0 Å². The van der Waals surface area contributed by atoms with Gasteiger partial charge in [-0.25, -0.2) is 0 Å². The molecule has 0 aromatic heterocycles. The molecule has 1 aliphatic carbocycles. The van der Waals surface area contributed by atoms with Crippen LogP contribution in [0.3, 0.4) is 0 Å². The lowest BCUT2D eigenvalue weighted by Gasteiger charge is -2.28. The molecule has 0 aliphatic heterocycles. The van der Waals surface area contributed by atoms with Gasteiger partial charge < -0.3 is 9.90 Å². The summed E-state index contributed by atoms with van der Waals surface area (Å²) in [4.78, 5) is 9.81. The second-order valence-corrected chi connectivity index (χ2v) is 7.57. The second kappa shape index (κ2) is 3.16. The Morgan fingerprint density at radius 3 is 2.42 bits per heavy atom. The van der Waals surface area contributed by atoms with Crippen LogP contribution in [0.5, 0.6) is 0 Å². The molecule has 2 N–H and O–H groups in total. The molecule has 0 heterocycles. The van der Waals surface area contributed by atoms with Crippen LogP contribution in [0.1, 0.15) is 6.92 Å². The maximum atomic E-state index is 9.81. The Morgan fingerprint density at radius 1 is 1.42 bits per heavy atom. The third kappa shape index (κ3) is 1.86. The van der Waals surface area contributed by atoms with Crippen molar-refractivity contribution in [3.05, 3.63) is 23.4 Å². The minimum absolute atomic E-state index is 0.129. The molecule has 2 atom stereocenters. The zero-order valence-corrected chi connectivity index (χ0v) is 8.78. The summed E-state index contributed by atoms with van der Waals surface area (Å²) >= 11 is 0. The fraction of sp³-hybridized carbons (Fsp3) is 0.556. The van der Waals surface area contributed by atoms with E-state index in [9.17, 15) is 9.90 Å². The van der Waals surface area contributed by atoms with Crippen molar-refractivity contribution in [3.63, 3.8) is 0 Å². The summed E-state index contributed by atoms with van der Waals surface area (Å²) in [5.74, 6) is 0.129. The van der Waals surface area contributed by atoms with E-state index in [-0.39, 0.29) is 5.92 Å². The molecular weight excluding hydrogens is 168 g/mol. The van der Waals surface area contributed by atoms with E-state index in [1.165, 1.54) is 0 Å². The molecule has 0 aromatic carbocycles.